The Kier molecular flexibility index (Phi) is 6.67. The molecule has 1 saturated heterocycles. The van der Waals surface area contributed by atoms with E-state index < -0.39 is 0 Å². The monoisotopic (exact) mass is 352 g/mol. The summed E-state index contributed by atoms with van der Waals surface area (Å²) in [6, 6.07) is 10.5. The third-order valence-electron chi connectivity index (χ3n) is 5.68. The smallest absolute Gasteiger partial charge is 0.325 e. The van der Waals surface area contributed by atoms with E-state index in [1.807, 2.05) is 12.3 Å². The minimum absolute atomic E-state index is 0.0184. The second kappa shape index (κ2) is 9.18. The Morgan fingerprint density at radius 1 is 1.31 bits per heavy atom. The Morgan fingerprint density at radius 2 is 2.08 bits per heavy atom. The first-order valence-corrected chi connectivity index (χ1v) is 9.85. The van der Waals surface area contributed by atoms with Crippen molar-refractivity contribution < 1.29 is 9.45 Å². The second-order valence-electron chi connectivity index (χ2n) is 7.38. The molecule has 0 saturated carbocycles. The molecule has 1 aromatic carbocycles. The first kappa shape index (κ1) is 18.9. The summed E-state index contributed by atoms with van der Waals surface area (Å²) in [4.78, 5) is 19.3. The molecule has 1 aromatic heterocycles. The molecule has 3 rings (SSSR count). The molecule has 1 aliphatic rings. The molecule has 0 radical (unpaired) electrons. The minimum atomic E-state index is -0.0184. The Balaban J connectivity index is 1.61. The number of carbonyl (C=O) groups is 1. The lowest BCUT2D eigenvalue weighted by Crippen LogP contribution is -2.38. The minimum Gasteiger partial charge on any atom is -0.543 e. The summed E-state index contributed by atoms with van der Waals surface area (Å²) in [5, 5.41) is 1.20. The van der Waals surface area contributed by atoms with Crippen LogP contribution in [0.1, 0.15) is 44.6 Å². The van der Waals surface area contributed by atoms with E-state index in [0.29, 0.717) is 5.92 Å². The first-order chi connectivity index (χ1) is 12.7. The molecule has 0 aliphatic carbocycles. The van der Waals surface area contributed by atoms with E-state index in [1.165, 1.54) is 19.0 Å². The Hall–Kier alpha value is -1.88. The zero-order chi connectivity index (χ0) is 18.4. The molecule has 1 aliphatic heterocycles. The molecular weight excluding hydrogens is 323 g/mol. The molecule has 2 aromatic rings. The van der Waals surface area contributed by atoms with Gasteiger partial charge in [0, 0.05) is 18.1 Å². The number of rotatable bonds is 7. The van der Waals surface area contributed by atoms with Gasteiger partial charge in [-0.1, -0.05) is 44.0 Å². The van der Waals surface area contributed by atoms with E-state index in [9.17, 15) is 4.79 Å². The van der Waals surface area contributed by atoms with Crippen LogP contribution in [0, 0.1) is 11.8 Å². The zero-order valence-corrected chi connectivity index (χ0v) is 16.0. The van der Waals surface area contributed by atoms with Gasteiger partial charge in [0.25, 0.3) is 5.97 Å². The van der Waals surface area contributed by atoms with Crippen molar-refractivity contribution in [3.05, 3.63) is 42.1 Å². The van der Waals surface area contributed by atoms with Crippen LogP contribution in [0.5, 0.6) is 0 Å². The van der Waals surface area contributed by atoms with Crippen LogP contribution < -0.4 is 0 Å². The number of fused-ring (bicyclic) bond motifs is 1. The molecule has 138 valence electrons. The summed E-state index contributed by atoms with van der Waals surface area (Å²) in [6.07, 6.45) is 7.19. The van der Waals surface area contributed by atoms with E-state index in [0.717, 1.165) is 57.3 Å². The number of para-hydroxylation sites is 1. The number of hydrogen-bond acceptors (Lipinski definition) is 4. The van der Waals surface area contributed by atoms with Crippen molar-refractivity contribution in [3.63, 3.8) is 0 Å². The van der Waals surface area contributed by atoms with E-state index >= 15 is 0 Å². The first-order valence-electron chi connectivity index (χ1n) is 9.85. The number of nitrogens with zero attached hydrogens (tertiary/aromatic N) is 2. The van der Waals surface area contributed by atoms with Gasteiger partial charge in [-0.15, -0.1) is 0 Å². The highest BCUT2D eigenvalue weighted by Gasteiger charge is 2.31. The van der Waals surface area contributed by atoms with Gasteiger partial charge in [-0.3, -0.25) is 14.7 Å². The van der Waals surface area contributed by atoms with Crippen LogP contribution in [-0.4, -0.2) is 37.0 Å². The Bertz CT molecular complexity index is 724. The molecule has 26 heavy (non-hydrogen) atoms. The molecule has 2 heterocycles. The van der Waals surface area contributed by atoms with Crippen molar-refractivity contribution in [1.82, 2.24) is 9.88 Å². The van der Waals surface area contributed by atoms with Crippen LogP contribution in [0.4, 0.5) is 0 Å². The van der Waals surface area contributed by atoms with Gasteiger partial charge < -0.3 is 4.65 Å². The molecule has 4 nitrogen and oxygen atoms in total. The van der Waals surface area contributed by atoms with Gasteiger partial charge in [0.2, 0.25) is 0 Å². The summed E-state index contributed by atoms with van der Waals surface area (Å²) in [6.45, 7) is 5.18. The average Bonchev–Trinajstić information content (AvgIpc) is 2.69. The molecule has 1 fully saturated rings. The summed E-state index contributed by atoms with van der Waals surface area (Å²) in [7, 11) is 1.52. The number of carbonyl (C=O) groups excluding carboxylic acids is 1. The summed E-state index contributed by atoms with van der Waals surface area (Å²) >= 11 is 0. The normalized spacial score (nSPS) is 17.3. The molecular formula is C21H29BN2O2. The number of unbranched alkanes of at least 4 members (excludes halogenated alkanes) is 1. The van der Waals surface area contributed by atoms with Crippen molar-refractivity contribution in [2.45, 2.75) is 45.6 Å². The predicted molar refractivity (Wildman–Crippen MR) is 107 cm³/mol. The fraction of sp³-hybridized carbons (Fsp3) is 0.524. The number of hydrogen-bond donors (Lipinski definition) is 0. The van der Waals surface area contributed by atoms with Crippen molar-refractivity contribution >= 4 is 24.9 Å². The van der Waals surface area contributed by atoms with Crippen LogP contribution >= 0.6 is 0 Å². The fourth-order valence-electron chi connectivity index (χ4n) is 4.17. The average molecular weight is 352 g/mol. The largest absolute Gasteiger partial charge is 0.543 e. The van der Waals surface area contributed by atoms with Crippen molar-refractivity contribution in [1.29, 1.82) is 0 Å². The van der Waals surface area contributed by atoms with Gasteiger partial charge in [-0.05, 0) is 49.9 Å². The quantitative estimate of drug-likeness (QED) is 0.717. The lowest BCUT2D eigenvalue weighted by atomic mass is 9.81. The molecule has 1 atom stereocenters. The summed E-state index contributed by atoms with van der Waals surface area (Å²) < 4.78 is 5.07. The Labute approximate surface area is 157 Å². The van der Waals surface area contributed by atoms with Crippen molar-refractivity contribution in [2.75, 3.05) is 13.1 Å². The van der Waals surface area contributed by atoms with Gasteiger partial charge in [0.05, 0.1) is 11.4 Å². The maximum absolute atomic E-state index is 12.2. The molecule has 0 bridgehead atoms. The number of piperidine rings is 1. The standard InChI is InChI=1S/C21H29BN2O2/c1-2-3-9-19(21(25)26-22)16-10-13-24(14-11-16)15-18-7-4-6-17-8-5-12-23-20(17)18/h4-8,12,16,19H,2-3,9-11,13-15,22H2,1H3. The van der Waals surface area contributed by atoms with Gasteiger partial charge in [0.1, 0.15) is 0 Å². The van der Waals surface area contributed by atoms with Crippen molar-refractivity contribution in [2.24, 2.45) is 11.8 Å². The van der Waals surface area contributed by atoms with Gasteiger partial charge >= 0.3 is 8.05 Å². The van der Waals surface area contributed by atoms with E-state index in [2.05, 4.69) is 41.1 Å². The molecule has 0 N–H and O–H groups in total. The molecule has 0 amide bonds. The van der Waals surface area contributed by atoms with E-state index in [1.54, 1.807) is 0 Å². The summed E-state index contributed by atoms with van der Waals surface area (Å²) in [5.41, 5.74) is 2.39. The number of likely N-dealkylation sites (tertiary alicyclic amines) is 1. The highest BCUT2D eigenvalue weighted by molar-refractivity contribution is 6.05. The molecule has 1 unspecified atom stereocenters. The van der Waals surface area contributed by atoms with Crippen LogP contribution in [0.2, 0.25) is 0 Å². The Morgan fingerprint density at radius 3 is 2.81 bits per heavy atom. The molecule has 0 spiro atoms. The fourth-order valence-corrected chi connectivity index (χ4v) is 4.17. The van der Waals surface area contributed by atoms with E-state index in [4.69, 9.17) is 4.65 Å². The number of pyridine rings is 1. The third-order valence-corrected chi connectivity index (χ3v) is 5.68. The lowest BCUT2D eigenvalue weighted by Gasteiger charge is -2.35. The third kappa shape index (κ3) is 4.45. The van der Waals surface area contributed by atoms with Crippen LogP contribution in [0.15, 0.2) is 36.5 Å². The zero-order valence-electron chi connectivity index (χ0n) is 16.0. The number of aromatic nitrogens is 1. The van der Waals surface area contributed by atoms with E-state index in [-0.39, 0.29) is 11.9 Å². The van der Waals surface area contributed by atoms with Crippen molar-refractivity contribution in [3.8, 4) is 0 Å². The maximum Gasteiger partial charge on any atom is 0.325 e. The second-order valence-corrected chi connectivity index (χ2v) is 7.38. The number of benzene rings is 1. The van der Waals surface area contributed by atoms with Gasteiger partial charge in [-0.25, -0.2) is 0 Å². The molecule has 5 heteroatoms. The van der Waals surface area contributed by atoms with Crippen LogP contribution in [0.3, 0.4) is 0 Å². The van der Waals surface area contributed by atoms with Gasteiger partial charge in [-0.2, -0.15) is 0 Å². The highest BCUT2D eigenvalue weighted by atomic mass is 16.5. The van der Waals surface area contributed by atoms with Crippen LogP contribution in [-0.2, 0) is 16.0 Å². The SMILES string of the molecule is BOC(=O)C(CCCC)C1CCN(Cc2cccc3cccnc23)CC1. The maximum atomic E-state index is 12.2. The lowest BCUT2D eigenvalue weighted by molar-refractivity contribution is -0.141. The highest BCUT2D eigenvalue weighted by Crippen LogP contribution is 2.30. The van der Waals surface area contributed by atoms with Crippen LogP contribution in [0.25, 0.3) is 10.9 Å². The van der Waals surface area contributed by atoms with Gasteiger partial charge in [0.15, 0.2) is 0 Å². The summed E-state index contributed by atoms with van der Waals surface area (Å²) in [5.74, 6) is 0.507. The predicted octanol–water partition coefficient (Wildman–Crippen LogP) is 3.34. The topological polar surface area (TPSA) is 42.4 Å².